The molecule has 0 saturated carbocycles. The SMILES string of the molecule is COc1cc(F)ccc1NC(=O)CNC(=O)CN.Cl. The van der Waals surface area contributed by atoms with E-state index in [-0.39, 0.29) is 31.2 Å². The molecule has 0 aliphatic carbocycles. The van der Waals surface area contributed by atoms with Gasteiger partial charge in [0, 0.05) is 6.07 Å². The van der Waals surface area contributed by atoms with Gasteiger partial charge in [-0.2, -0.15) is 0 Å². The summed E-state index contributed by atoms with van der Waals surface area (Å²) in [5.41, 5.74) is 5.39. The van der Waals surface area contributed by atoms with E-state index in [1.165, 1.54) is 19.2 Å². The van der Waals surface area contributed by atoms with E-state index in [0.29, 0.717) is 5.69 Å². The van der Waals surface area contributed by atoms with Gasteiger partial charge in [0.15, 0.2) is 0 Å². The lowest BCUT2D eigenvalue weighted by molar-refractivity contribution is -0.123. The molecule has 0 unspecified atom stereocenters. The van der Waals surface area contributed by atoms with E-state index >= 15 is 0 Å². The zero-order valence-corrected chi connectivity index (χ0v) is 11.1. The molecule has 1 aromatic rings. The number of amides is 2. The Bertz CT molecular complexity index is 457. The minimum absolute atomic E-state index is 0. The number of anilines is 1. The molecule has 0 atom stereocenters. The van der Waals surface area contributed by atoms with E-state index in [4.69, 9.17) is 10.5 Å². The maximum atomic E-state index is 12.9. The first-order chi connectivity index (χ1) is 8.56. The second-order valence-corrected chi connectivity index (χ2v) is 3.37. The Morgan fingerprint density at radius 1 is 1.37 bits per heavy atom. The van der Waals surface area contributed by atoms with Crippen LogP contribution in [0.25, 0.3) is 0 Å². The second-order valence-electron chi connectivity index (χ2n) is 3.37. The van der Waals surface area contributed by atoms with Crippen molar-refractivity contribution < 1.29 is 18.7 Å². The summed E-state index contributed by atoms with van der Waals surface area (Å²) in [5, 5.41) is 4.79. The summed E-state index contributed by atoms with van der Waals surface area (Å²) in [6, 6.07) is 3.71. The molecule has 0 fully saturated rings. The quantitative estimate of drug-likeness (QED) is 0.726. The first-order valence-corrected chi connectivity index (χ1v) is 5.17. The van der Waals surface area contributed by atoms with Crippen LogP contribution in [0.4, 0.5) is 10.1 Å². The van der Waals surface area contributed by atoms with E-state index in [9.17, 15) is 14.0 Å². The lowest BCUT2D eigenvalue weighted by Gasteiger charge is -2.10. The Labute approximate surface area is 115 Å². The van der Waals surface area contributed by atoms with Crippen LogP contribution in [-0.4, -0.2) is 32.0 Å². The number of carbonyl (C=O) groups excluding carboxylic acids is 2. The number of ether oxygens (including phenoxy) is 1. The van der Waals surface area contributed by atoms with Crippen LogP contribution < -0.4 is 21.1 Å². The molecule has 8 heteroatoms. The summed E-state index contributed by atoms with van der Waals surface area (Å²) in [4.78, 5) is 22.3. The predicted molar refractivity (Wildman–Crippen MR) is 70.9 cm³/mol. The van der Waals surface area contributed by atoms with Gasteiger partial charge in [0.1, 0.15) is 11.6 Å². The fourth-order valence-corrected chi connectivity index (χ4v) is 1.21. The maximum Gasteiger partial charge on any atom is 0.243 e. The zero-order chi connectivity index (χ0) is 13.5. The Kier molecular flexibility index (Phi) is 7.47. The molecule has 106 valence electrons. The van der Waals surface area contributed by atoms with Crippen molar-refractivity contribution in [3.05, 3.63) is 24.0 Å². The van der Waals surface area contributed by atoms with Gasteiger partial charge in [-0.25, -0.2) is 4.39 Å². The summed E-state index contributed by atoms with van der Waals surface area (Å²) in [6.07, 6.45) is 0. The van der Waals surface area contributed by atoms with Crippen molar-refractivity contribution >= 4 is 29.9 Å². The fraction of sp³-hybridized carbons (Fsp3) is 0.273. The number of hydrogen-bond donors (Lipinski definition) is 3. The largest absolute Gasteiger partial charge is 0.494 e. The Morgan fingerprint density at radius 2 is 2.05 bits per heavy atom. The highest BCUT2D eigenvalue weighted by Gasteiger charge is 2.09. The van der Waals surface area contributed by atoms with E-state index in [0.717, 1.165) is 6.07 Å². The smallest absolute Gasteiger partial charge is 0.243 e. The lowest BCUT2D eigenvalue weighted by Crippen LogP contribution is -2.36. The van der Waals surface area contributed by atoms with Gasteiger partial charge < -0.3 is 21.1 Å². The molecule has 0 saturated heterocycles. The molecule has 2 amide bonds. The van der Waals surface area contributed by atoms with Crippen molar-refractivity contribution in [2.45, 2.75) is 0 Å². The van der Waals surface area contributed by atoms with Gasteiger partial charge in [0.05, 0.1) is 25.9 Å². The van der Waals surface area contributed by atoms with E-state index in [1.807, 2.05) is 0 Å². The Hall–Kier alpha value is -1.86. The number of nitrogens with two attached hydrogens (primary N) is 1. The monoisotopic (exact) mass is 291 g/mol. The van der Waals surface area contributed by atoms with Gasteiger partial charge in [-0.3, -0.25) is 9.59 Å². The molecule has 0 aromatic heterocycles. The molecule has 1 aromatic carbocycles. The number of halogens is 2. The zero-order valence-electron chi connectivity index (χ0n) is 10.2. The van der Waals surface area contributed by atoms with Crippen LogP contribution in [-0.2, 0) is 9.59 Å². The van der Waals surface area contributed by atoms with Crippen molar-refractivity contribution in [2.24, 2.45) is 5.73 Å². The van der Waals surface area contributed by atoms with Gasteiger partial charge in [-0.1, -0.05) is 0 Å². The first-order valence-electron chi connectivity index (χ1n) is 5.17. The maximum absolute atomic E-state index is 12.9. The van der Waals surface area contributed by atoms with E-state index in [2.05, 4.69) is 10.6 Å². The molecule has 0 spiro atoms. The highest BCUT2D eigenvalue weighted by molar-refractivity contribution is 5.95. The Balaban J connectivity index is 0.00000324. The van der Waals surface area contributed by atoms with Gasteiger partial charge in [-0.15, -0.1) is 12.4 Å². The molecule has 0 aliphatic heterocycles. The van der Waals surface area contributed by atoms with Crippen molar-refractivity contribution in [1.29, 1.82) is 0 Å². The highest BCUT2D eigenvalue weighted by atomic mass is 35.5. The van der Waals surface area contributed by atoms with Gasteiger partial charge in [-0.05, 0) is 12.1 Å². The van der Waals surface area contributed by atoms with Crippen molar-refractivity contribution in [1.82, 2.24) is 5.32 Å². The summed E-state index contributed by atoms with van der Waals surface area (Å²) in [6.45, 7) is -0.399. The number of hydrogen-bond acceptors (Lipinski definition) is 4. The topological polar surface area (TPSA) is 93.5 Å². The second kappa shape index (κ2) is 8.28. The van der Waals surface area contributed by atoms with Gasteiger partial charge in [0.25, 0.3) is 0 Å². The number of benzene rings is 1. The first kappa shape index (κ1) is 17.1. The highest BCUT2D eigenvalue weighted by Crippen LogP contribution is 2.24. The predicted octanol–water partition coefficient (Wildman–Crippen LogP) is 0.269. The van der Waals surface area contributed by atoms with Crippen LogP contribution in [0.5, 0.6) is 5.75 Å². The molecule has 1 rings (SSSR count). The van der Waals surface area contributed by atoms with Crippen LogP contribution in [0.3, 0.4) is 0 Å². The summed E-state index contributed by atoms with van der Waals surface area (Å²) in [7, 11) is 1.36. The number of nitrogens with one attached hydrogen (secondary N) is 2. The standard InChI is InChI=1S/C11H14FN3O3.ClH/c1-18-9-4-7(12)2-3-8(9)15-11(17)6-14-10(16)5-13;/h2-4H,5-6,13H2,1H3,(H,14,16)(H,15,17);1H. The van der Waals surface area contributed by atoms with Crippen molar-refractivity contribution in [3.8, 4) is 5.75 Å². The molecule has 0 bridgehead atoms. The molecule has 6 nitrogen and oxygen atoms in total. The number of rotatable bonds is 5. The van der Waals surface area contributed by atoms with Gasteiger partial charge in [0.2, 0.25) is 11.8 Å². The van der Waals surface area contributed by atoms with Crippen molar-refractivity contribution in [3.63, 3.8) is 0 Å². The molecule has 0 heterocycles. The summed E-state index contributed by atoms with van der Waals surface area (Å²) < 4.78 is 17.8. The molecule has 0 radical (unpaired) electrons. The van der Waals surface area contributed by atoms with Crippen LogP contribution >= 0.6 is 12.4 Å². The van der Waals surface area contributed by atoms with Crippen LogP contribution in [0.15, 0.2) is 18.2 Å². The third-order valence-electron chi connectivity index (χ3n) is 2.07. The molecule has 4 N–H and O–H groups in total. The third kappa shape index (κ3) is 5.54. The summed E-state index contributed by atoms with van der Waals surface area (Å²) in [5.74, 6) is -1.16. The Morgan fingerprint density at radius 3 is 2.63 bits per heavy atom. The molecular weight excluding hydrogens is 277 g/mol. The molecule has 0 aliphatic rings. The van der Waals surface area contributed by atoms with Gasteiger partial charge >= 0.3 is 0 Å². The van der Waals surface area contributed by atoms with E-state index in [1.54, 1.807) is 0 Å². The van der Waals surface area contributed by atoms with Crippen LogP contribution in [0.1, 0.15) is 0 Å². The van der Waals surface area contributed by atoms with Crippen LogP contribution in [0, 0.1) is 5.82 Å². The molecular formula is C11H15ClFN3O3. The molecule has 19 heavy (non-hydrogen) atoms. The third-order valence-corrected chi connectivity index (χ3v) is 2.07. The van der Waals surface area contributed by atoms with E-state index < -0.39 is 17.6 Å². The van der Waals surface area contributed by atoms with Crippen molar-refractivity contribution in [2.75, 3.05) is 25.5 Å². The normalized spacial score (nSPS) is 9.21. The lowest BCUT2D eigenvalue weighted by atomic mass is 10.3. The minimum atomic E-state index is -0.471. The number of carbonyl (C=O) groups is 2. The fourth-order valence-electron chi connectivity index (χ4n) is 1.21. The van der Waals surface area contributed by atoms with Crippen LogP contribution in [0.2, 0.25) is 0 Å². The minimum Gasteiger partial charge on any atom is -0.494 e. The average Bonchev–Trinajstić information content (AvgIpc) is 2.37. The average molecular weight is 292 g/mol. The summed E-state index contributed by atoms with van der Waals surface area (Å²) >= 11 is 0. The number of methoxy groups -OCH3 is 1.